The van der Waals surface area contributed by atoms with Crippen LogP contribution in [0.25, 0.3) is 0 Å². The monoisotopic (exact) mass is 326 g/mol. The van der Waals surface area contributed by atoms with Gasteiger partial charge in [0.05, 0.1) is 7.11 Å². The van der Waals surface area contributed by atoms with Crippen LogP contribution in [0.5, 0.6) is 5.75 Å². The maximum atomic E-state index is 5.53. The number of hydrogen-bond donors (Lipinski definition) is 2. The maximum absolute atomic E-state index is 5.53. The highest BCUT2D eigenvalue weighted by Gasteiger charge is 2.45. The number of aromatic nitrogens is 1. The maximum Gasteiger partial charge on any atom is 0.191 e. The smallest absolute Gasteiger partial charge is 0.191 e. The Labute approximate surface area is 143 Å². The molecule has 128 valence electrons. The van der Waals surface area contributed by atoms with E-state index < -0.39 is 0 Å². The third kappa shape index (κ3) is 3.72. The van der Waals surface area contributed by atoms with Crippen LogP contribution in [-0.2, 0) is 12.0 Å². The van der Waals surface area contributed by atoms with E-state index in [4.69, 9.17) is 4.74 Å². The van der Waals surface area contributed by atoms with Gasteiger partial charge in [-0.25, -0.2) is 0 Å². The van der Waals surface area contributed by atoms with Crippen molar-refractivity contribution in [2.75, 3.05) is 27.2 Å². The number of ether oxygens (including phenoxy) is 1. The lowest BCUT2D eigenvalue weighted by molar-refractivity contribution is 0.403. The summed E-state index contributed by atoms with van der Waals surface area (Å²) in [5.41, 5.74) is 1.47. The van der Waals surface area contributed by atoms with Gasteiger partial charge in [0.1, 0.15) is 5.75 Å². The number of methoxy groups -OCH3 is 1. The Kier molecular flexibility index (Phi) is 5.08. The molecular formula is C19H26N4O. The van der Waals surface area contributed by atoms with Crippen molar-refractivity contribution in [3.63, 3.8) is 0 Å². The van der Waals surface area contributed by atoms with E-state index in [-0.39, 0.29) is 5.41 Å². The number of rotatable bonds is 7. The van der Waals surface area contributed by atoms with Crippen LogP contribution in [0.2, 0.25) is 0 Å². The van der Waals surface area contributed by atoms with Gasteiger partial charge >= 0.3 is 0 Å². The summed E-state index contributed by atoms with van der Waals surface area (Å²) in [5, 5.41) is 6.85. The second-order valence-electron chi connectivity index (χ2n) is 6.25. The Hall–Kier alpha value is -2.43. The van der Waals surface area contributed by atoms with Gasteiger partial charge in [0.2, 0.25) is 0 Å². The van der Waals surface area contributed by atoms with E-state index in [0.29, 0.717) is 0 Å². The lowest BCUT2D eigenvalue weighted by atomic mass is 9.95. The van der Waals surface area contributed by atoms with Crippen LogP contribution >= 0.6 is 0 Å². The summed E-state index contributed by atoms with van der Waals surface area (Å²) in [6.45, 7) is 2.64. The minimum Gasteiger partial charge on any atom is -0.496 e. The van der Waals surface area contributed by atoms with Crippen molar-refractivity contribution in [3.05, 3.63) is 54.4 Å². The van der Waals surface area contributed by atoms with Gasteiger partial charge in [-0.1, -0.05) is 18.2 Å². The van der Waals surface area contributed by atoms with E-state index in [0.717, 1.165) is 31.3 Å². The minimum absolute atomic E-state index is 0.171. The molecule has 1 aromatic carbocycles. The molecule has 0 aliphatic heterocycles. The predicted octanol–water partition coefficient (Wildman–Crippen LogP) is 2.39. The zero-order valence-electron chi connectivity index (χ0n) is 14.5. The van der Waals surface area contributed by atoms with Gasteiger partial charge in [-0.15, -0.1) is 0 Å². The average Bonchev–Trinajstić information content (AvgIpc) is 3.24. The first-order valence-corrected chi connectivity index (χ1v) is 8.46. The number of benzene rings is 1. The van der Waals surface area contributed by atoms with E-state index in [2.05, 4.69) is 44.7 Å². The van der Waals surface area contributed by atoms with Crippen LogP contribution in [0.15, 0.2) is 53.8 Å². The summed E-state index contributed by atoms with van der Waals surface area (Å²) in [5.74, 6) is 1.83. The Bertz CT molecular complexity index is 674. The first-order valence-electron chi connectivity index (χ1n) is 8.46. The lowest BCUT2D eigenvalue weighted by Crippen LogP contribution is -2.42. The molecule has 2 aromatic rings. The molecule has 0 spiro atoms. The Balaban J connectivity index is 1.53. The molecule has 5 heteroatoms. The van der Waals surface area contributed by atoms with Crippen molar-refractivity contribution in [2.45, 2.75) is 24.8 Å². The van der Waals surface area contributed by atoms with Crippen LogP contribution < -0.4 is 15.4 Å². The van der Waals surface area contributed by atoms with Crippen molar-refractivity contribution in [3.8, 4) is 5.75 Å². The Morgan fingerprint density at radius 2 is 1.92 bits per heavy atom. The SMILES string of the molecule is CN=C(NCCn1cccc1)NCC1(c2ccccc2OC)CC1. The van der Waals surface area contributed by atoms with Crippen molar-refractivity contribution in [2.24, 2.45) is 4.99 Å². The van der Waals surface area contributed by atoms with Crippen molar-refractivity contribution < 1.29 is 4.74 Å². The molecule has 2 N–H and O–H groups in total. The summed E-state index contributed by atoms with van der Waals surface area (Å²) in [7, 11) is 3.55. The second kappa shape index (κ2) is 7.43. The number of aliphatic imine (C=N–C) groups is 1. The summed E-state index contributed by atoms with van der Waals surface area (Å²) in [4.78, 5) is 4.33. The first-order chi connectivity index (χ1) is 11.8. The van der Waals surface area contributed by atoms with Gasteiger partial charge < -0.3 is 19.9 Å². The van der Waals surface area contributed by atoms with E-state index in [1.165, 1.54) is 18.4 Å². The fraction of sp³-hybridized carbons (Fsp3) is 0.421. The molecule has 0 saturated heterocycles. The molecule has 1 aromatic heterocycles. The van der Waals surface area contributed by atoms with Crippen LogP contribution in [0.4, 0.5) is 0 Å². The first kappa shape index (κ1) is 16.4. The number of nitrogens with zero attached hydrogens (tertiary/aromatic N) is 2. The molecule has 1 fully saturated rings. The summed E-state index contributed by atoms with van der Waals surface area (Å²) in [6, 6.07) is 12.4. The molecule has 0 radical (unpaired) electrons. The standard InChI is InChI=1S/C19H26N4O/c1-20-18(21-11-14-23-12-5-6-13-23)22-15-19(9-10-19)16-7-3-4-8-17(16)24-2/h3-8,12-13H,9-11,14-15H2,1-2H3,(H2,20,21,22). The Morgan fingerprint density at radius 1 is 1.17 bits per heavy atom. The fourth-order valence-corrected chi connectivity index (χ4v) is 3.07. The van der Waals surface area contributed by atoms with Crippen molar-refractivity contribution in [1.82, 2.24) is 15.2 Å². The molecule has 24 heavy (non-hydrogen) atoms. The number of guanidine groups is 1. The molecule has 5 nitrogen and oxygen atoms in total. The number of nitrogens with one attached hydrogen (secondary N) is 2. The second-order valence-corrected chi connectivity index (χ2v) is 6.25. The van der Waals surface area contributed by atoms with Crippen LogP contribution in [0.1, 0.15) is 18.4 Å². The fourth-order valence-electron chi connectivity index (χ4n) is 3.07. The van der Waals surface area contributed by atoms with Crippen molar-refractivity contribution in [1.29, 1.82) is 0 Å². The van der Waals surface area contributed by atoms with Gasteiger partial charge in [-0.2, -0.15) is 0 Å². The van der Waals surface area contributed by atoms with Gasteiger partial charge in [0, 0.05) is 50.1 Å². The molecule has 1 saturated carbocycles. The molecule has 0 amide bonds. The number of hydrogen-bond acceptors (Lipinski definition) is 2. The van der Waals surface area contributed by atoms with Crippen LogP contribution in [-0.4, -0.2) is 37.8 Å². The zero-order valence-corrected chi connectivity index (χ0v) is 14.5. The van der Waals surface area contributed by atoms with E-state index in [1.54, 1.807) is 7.11 Å². The molecule has 0 unspecified atom stereocenters. The molecular weight excluding hydrogens is 300 g/mol. The van der Waals surface area contributed by atoms with Crippen LogP contribution in [0.3, 0.4) is 0 Å². The van der Waals surface area contributed by atoms with E-state index in [1.807, 2.05) is 31.3 Å². The quantitative estimate of drug-likeness (QED) is 0.607. The molecule has 3 rings (SSSR count). The predicted molar refractivity (Wildman–Crippen MR) is 97.7 cm³/mol. The van der Waals surface area contributed by atoms with Crippen molar-refractivity contribution >= 4 is 5.96 Å². The molecule has 1 aliphatic carbocycles. The highest BCUT2D eigenvalue weighted by Crippen LogP contribution is 2.50. The third-order valence-corrected chi connectivity index (χ3v) is 4.68. The van der Waals surface area contributed by atoms with E-state index in [9.17, 15) is 0 Å². The van der Waals surface area contributed by atoms with Gasteiger partial charge in [-0.3, -0.25) is 4.99 Å². The number of para-hydroxylation sites is 1. The topological polar surface area (TPSA) is 50.6 Å². The van der Waals surface area contributed by atoms with Gasteiger partial charge in [-0.05, 0) is 31.0 Å². The highest BCUT2D eigenvalue weighted by atomic mass is 16.5. The molecule has 1 aliphatic rings. The molecule has 1 heterocycles. The normalized spacial score (nSPS) is 15.8. The lowest BCUT2D eigenvalue weighted by Gasteiger charge is -2.21. The third-order valence-electron chi connectivity index (χ3n) is 4.68. The molecule has 0 bridgehead atoms. The average molecular weight is 326 g/mol. The highest BCUT2D eigenvalue weighted by molar-refractivity contribution is 5.79. The summed E-state index contributed by atoms with van der Waals surface area (Å²) < 4.78 is 7.68. The molecule has 0 atom stereocenters. The minimum atomic E-state index is 0.171. The largest absolute Gasteiger partial charge is 0.496 e. The van der Waals surface area contributed by atoms with Gasteiger partial charge in [0.15, 0.2) is 5.96 Å². The Morgan fingerprint density at radius 3 is 2.58 bits per heavy atom. The zero-order chi connectivity index (χ0) is 16.8. The summed E-state index contributed by atoms with van der Waals surface area (Å²) >= 11 is 0. The van der Waals surface area contributed by atoms with Crippen LogP contribution in [0, 0.1) is 0 Å². The summed E-state index contributed by atoms with van der Waals surface area (Å²) in [6.07, 6.45) is 6.50. The van der Waals surface area contributed by atoms with E-state index >= 15 is 0 Å². The van der Waals surface area contributed by atoms with Gasteiger partial charge in [0.25, 0.3) is 0 Å².